The Morgan fingerprint density at radius 1 is 0.760 bits per heavy atom. The first-order chi connectivity index (χ1) is 11.2. The molecule has 0 radical (unpaired) electrons. The number of hydrogen-bond donors (Lipinski definition) is 0. The van der Waals surface area contributed by atoms with Gasteiger partial charge in [0.05, 0.1) is 26.2 Å². The monoisotopic (exact) mass is 399 g/mol. The van der Waals surface area contributed by atoms with Crippen molar-refractivity contribution in [2.45, 2.75) is 71.2 Å². The van der Waals surface area contributed by atoms with Gasteiger partial charge in [0.2, 0.25) is 0 Å². The van der Waals surface area contributed by atoms with Crippen LogP contribution >= 0.6 is 0 Å². The first kappa shape index (κ1) is 26.7. The van der Waals surface area contributed by atoms with E-state index in [4.69, 9.17) is 0 Å². The Hall–Kier alpha value is -0.480. The van der Waals surface area contributed by atoms with Crippen LogP contribution in [0.2, 0.25) is 0 Å². The molecule has 25 heavy (non-hydrogen) atoms. The van der Waals surface area contributed by atoms with Crippen molar-refractivity contribution >= 4 is 10.1 Å². The van der Waals surface area contributed by atoms with Crippen LogP contribution in [0.3, 0.4) is 0 Å². The molecule has 0 aromatic rings. The van der Waals surface area contributed by atoms with Crippen LogP contribution in [-0.2, 0) is 10.1 Å². The molecule has 154 valence electrons. The number of quaternary nitrogens is 1. The van der Waals surface area contributed by atoms with Crippen LogP contribution in [0.5, 0.6) is 0 Å². The molecule has 0 aliphatic carbocycles. The van der Waals surface area contributed by atoms with Crippen molar-refractivity contribution in [2.24, 2.45) is 0 Å². The molecular formula is C15H30F5NO3S. The molecule has 0 amide bonds. The third-order valence-corrected chi connectivity index (χ3v) is 5.41. The van der Waals surface area contributed by atoms with E-state index >= 15 is 0 Å². The smallest absolute Gasteiger partial charge is 0.389 e. The van der Waals surface area contributed by atoms with E-state index < -0.39 is 40.8 Å². The van der Waals surface area contributed by atoms with Gasteiger partial charge in [0.25, 0.3) is 0 Å². The lowest BCUT2D eigenvalue weighted by molar-refractivity contribution is -0.921. The van der Waals surface area contributed by atoms with E-state index in [0.717, 1.165) is 0 Å². The van der Waals surface area contributed by atoms with E-state index in [-0.39, 0.29) is 12.8 Å². The maximum Gasteiger partial charge on any atom is 0.389 e. The van der Waals surface area contributed by atoms with Gasteiger partial charge in [-0.1, -0.05) is 6.42 Å². The zero-order chi connectivity index (χ0) is 20.4. The Kier molecular flexibility index (Phi) is 12.1. The molecule has 0 atom stereocenters. The van der Waals surface area contributed by atoms with Crippen molar-refractivity contribution in [2.75, 3.05) is 26.2 Å². The van der Waals surface area contributed by atoms with Gasteiger partial charge >= 0.3 is 11.4 Å². The van der Waals surface area contributed by atoms with Gasteiger partial charge in [-0.25, -0.2) is 8.42 Å². The van der Waals surface area contributed by atoms with Crippen molar-refractivity contribution < 1.29 is 39.4 Å². The summed E-state index contributed by atoms with van der Waals surface area (Å²) in [4.78, 5) is 0. The maximum absolute atomic E-state index is 12.5. The molecular weight excluding hydrogens is 369 g/mol. The third kappa shape index (κ3) is 11.7. The highest BCUT2D eigenvalue weighted by Crippen LogP contribution is 2.28. The van der Waals surface area contributed by atoms with E-state index in [1.54, 1.807) is 0 Å². The molecule has 0 N–H and O–H groups in total. The fraction of sp³-hybridized carbons (Fsp3) is 1.00. The molecule has 4 nitrogen and oxygen atoms in total. The summed E-state index contributed by atoms with van der Waals surface area (Å²) in [6.45, 7) is 14.2. The van der Waals surface area contributed by atoms with Crippen molar-refractivity contribution in [3.8, 4) is 0 Å². The SMILES string of the molecule is CC[N+](CC)(CC)CC.O=S(=O)([O-])C(F)(F)CCCCCC(F)(F)F. The van der Waals surface area contributed by atoms with Gasteiger partial charge in [-0.2, -0.15) is 22.0 Å². The quantitative estimate of drug-likeness (QED) is 0.235. The van der Waals surface area contributed by atoms with Crippen molar-refractivity contribution in [1.29, 1.82) is 0 Å². The molecule has 0 aliphatic rings. The molecule has 0 unspecified atom stereocenters. The average Bonchev–Trinajstić information content (AvgIpc) is 2.48. The first-order valence-corrected chi connectivity index (χ1v) is 9.86. The Labute approximate surface area is 147 Å². The minimum Gasteiger partial charge on any atom is -0.743 e. The third-order valence-electron chi connectivity index (χ3n) is 4.48. The van der Waals surface area contributed by atoms with Gasteiger partial charge in [-0.15, -0.1) is 0 Å². The van der Waals surface area contributed by atoms with Crippen LogP contribution in [0.15, 0.2) is 0 Å². The molecule has 0 aliphatic heterocycles. The minimum atomic E-state index is -5.72. The number of hydrogen-bond acceptors (Lipinski definition) is 3. The van der Waals surface area contributed by atoms with Gasteiger partial charge in [0, 0.05) is 12.8 Å². The summed E-state index contributed by atoms with van der Waals surface area (Å²) in [6, 6.07) is 0. The second kappa shape index (κ2) is 11.3. The Morgan fingerprint density at radius 2 is 1.12 bits per heavy atom. The predicted octanol–water partition coefficient (Wildman–Crippen LogP) is 4.52. The Bertz CT molecular complexity index is 431. The Balaban J connectivity index is 0. The van der Waals surface area contributed by atoms with Gasteiger partial charge < -0.3 is 9.04 Å². The molecule has 10 heteroatoms. The molecule has 0 saturated carbocycles. The fourth-order valence-electron chi connectivity index (χ4n) is 2.30. The average molecular weight is 399 g/mol. The zero-order valence-electron chi connectivity index (χ0n) is 15.3. The summed E-state index contributed by atoms with van der Waals surface area (Å²) in [5.41, 5.74) is 0. The summed E-state index contributed by atoms with van der Waals surface area (Å²) in [5, 5.41) is -4.40. The normalized spacial score (nSPS) is 13.4. The topological polar surface area (TPSA) is 57.2 Å². The number of unbranched alkanes of at least 4 members (excludes halogenated alkanes) is 2. The standard InChI is InChI=1S/C8H20N.C7H11F5O3S/c1-5-9(6-2,7-3)8-4;8-6(9,10)4-2-1-3-5-7(11,12)16(13,14)15/h5-8H2,1-4H3;1-5H2,(H,13,14,15)/q+1;/p-1. The highest BCUT2D eigenvalue weighted by atomic mass is 32.2. The molecule has 0 aromatic carbocycles. The van der Waals surface area contributed by atoms with E-state index in [0.29, 0.717) is 0 Å². The molecule has 0 aromatic heterocycles. The van der Waals surface area contributed by atoms with Crippen molar-refractivity contribution in [3.05, 3.63) is 0 Å². The number of halogens is 5. The predicted molar refractivity (Wildman–Crippen MR) is 86.2 cm³/mol. The highest BCUT2D eigenvalue weighted by Gasteiger charge is 2.36. The van der Waals surface area contributed by atoms with Crippen LogP contribution in [0.1, 0.15) is 59.8 Å². The lowest BCUT2D eigenvalue weighted by Gasteiger charge is -2.34. The second-order valence-electron chi connectivity index (χ2n) is 5.87. The number of nitrogens with zero attached hydrogens (tertiary/aromatic N) is 1. The van der Waals surface area contributed by atoms with Gasteiger partial charge in [0.1, 0.15) is 0 Å². The lowest BCUT2D eigenvalue weighted by Crippen LogP contribution is -2.47. The van der Waals surface area contributed by atoms with Crippen LogP contribution in [0.25, 0.3) is 0 Å². The molecule has 0 fully saturated rings. The van der Waals surface area contributed by atoms with E-state index in [2.05, 4.69) is 27.7 Å². The molecule has 0 rings (SSSR count). The molecule has 0 heterocycles. The zero-order valence-corrected chi connectivity index (χ0v) is 16.2. The summed E-state index contributed by atoms with van der Waals surface area (Å²) in [6.07, 6.45) is -7.71. The fourth-order valence-corrected chi connectivity index (χ4v) is 2.69. The van der Waals surface area contributed by atoms with E-state index in [1.807, 2.05) is 0 Å². The van der Waals surface area contributed by atoms with Crippen LogP contribution in [-0.4, -0.2) is 55.1 Å². The largest absolute Gasteiger partial charge is 0.743 e. The maximum atomic E-state index is 12.5. The first-order valence-electron chi connectivity index (χ1n) is 8.45. The number of rotatable bonds is 10. The number of alkyl halides is 5. The lowest BCUT2D eigenvalue weighted by atomic mass is 10.1. The molecule has 0 saturated heterocycles. The minimum absolute atomic E-state index is 0.204. The van der Waals surface area contributed by atoms with E-state index in [9.17, 15) is 34.9 Å². The molecule has 0 bridgehead atoms. The summed E-state index contributed by atoms with van der Waals surface area (Å²) in [7, 11) is -5.72. The van der Waals surface area contributed by atoms with Gasteiger partial charge in [-0.3, -0.25) is 0 Å². The summed E-state index contributed by atoms with van der Waals surface area (Å²) in [5.74, 6) is 0. The van der Waals surface area contributed by atoms with Crippen molar-refractivity contribution in [1.82, 2.24) is 0 Å². The summed E-state index contributed by atoms with van der Waals surface area (Å²) < 4.78 is 91.0. The van der Waals surface area contributed by atoms with Gasteiger partial charge in [0.15, 0.2) is 10.1 Å². The van der Waals surface area contributed by atoms with Crippen LogP contribution in [0.4, 0.5) is 22.0 Å². The molecule has 0 spiro atoms. The van der Waals surface area contributed by atoms with Crippen LogP contribution < -0.4 is 0 Å². The summed E-state index contributed by atoms with van der Waals surface area (Å²) >= 11 is 0. The second-order valence-corrected chi connectivity index (χ2v) is 7.38. The van der Waals surface area contributed by atoms with Crippen molar-refractivity contribution in [3.63, 3.8) is 0 Å². The van der Waals surface area contributed by atoms with Gasteiger partial charge in [-0.05, 0) is 40.5 Å². The van der Waals surface area contributed by atoms with Crippen LogP contribution in [0, 0.1) is 0 Å². The van der Waals surface area contributed by atoms with E-state index in [1.165, 1.54) is 30.7 Å². The Morgan fingerprint density at radius 3 is 1.36 bits per heavy atom. The highest BCUT2D eigenvalue weighted by molar-refractivity contribution is 7.86.